The van der Waals surface area contributed by atoms with Crippen LogP contribution in [0, 0.1) is 0 Å². The van der Waals surface area contributed by atoms with E-state index in [2.05, 4.69) is 11.1 Å². The summed E-state index contributed by atoms with van der Waals surface area (Å²) in [5, 5.41) is 38.1. The van der Waals surface area contributed by atoms with Gasteiger partial charge in [0.15, 0.2) is 0 Å². The fourth-order valence-corrected chi connectivity index (χ4v) is 1.59. The van der Waals surface area contributed by atoms with Crippen molar-refractivity contribution in [2.24, 2.45) is 5.73 Å². The van der Waals surface area contributed by atoms with Crippen LogP contribution in [0.25, 0.3) is 0 Å². The van der Waals surface area contributed by atoms with E-state index in [4.69, 9.17) is 29.5 Å². The van der Waals surface area contributed by atoms with Crippen LogP contribution in [-0.4, -0.2) is 79.1 Å². The van der Waals surface area contributed by atoms with Gasteiger partial charge in [0.1, 0.15) is 23.7 Å². The largest absolute Gasteiger partial charge is 0.508 e. The van der Waals surface area contributed by atoms with Gasteiger partial charge < -0.3 is 45.7 Å². The lowest BCUT2D eigenvalue weighted by Crippen LogP contribution is -2.35. The Hall–Kier alpha value is -1.46. The fraction of sp³-hybridized carbons (Fsp3) is 0.667. The molecule has 1 heterocycles. The minimum absolute atomic E-state index is 0.152. The molecular weight excluding hydrogens is 356 g/mol. The van der Waals surface area contributed by atoms with E-state index in [-0.39, 0.29) is 19.0 Å². The van der Waals surface area contributed by atoms with Crippen LogP contribution in [0.1, 0.15) is 20.8 Å². The minimum Gasteiger partial charge on any atom is -0.508 e. The van der Waals surface area contributed by atoms with E-state index in [9.17, 15) is 5.11 Å². The maximum absolute atomic E-state index is 9.20. The summed E-state index contributed by atoms with van der Waals surface area (Å²) in [4.78, 5) is 0. The standard InChI is InChI=1S/C12H16O6.C3H9NO.C2H6.CH5N/c1-7(10(6-13)17-12-11(15)18-12)16-9-4-2-8(14)3-5-9;1-4-2-3-5;2*1-2/h2-5,7,10-15H,6H2,1H3;4-5H,2-3H2,1H3;1-2H3;2H2,1H3/t7?,10?,11-,12?;;;/m1.../s1. The lowest BCUT2D eigenvalue weighted by Gasteiger charge is -2.22. The number of phenols is 1. The average molecular weight is 392 g/mol. The number of likely N-dealkylation sites (N-methyl/N-ethyl adjacent to an activating group) is 1. The molecule has 1 aliphatic rings. The van der Waals surface area contributed by atoms with E-state index >= 15 is 0 Å². The van der Waals surface area contributed by atoms with Crippen molar-refractivity contribution >= 4 is 0 Å². The zero-order valence-electron chi connectivity index (χ0n) is 16.8. The molecule has 2 rings (SSSR count). The van der Waals surface area contributed by atoms with Crippen molar-refractivity contribution < 1.29 is 34.6 Å². The van der Waals surface area contributed by atoms with Crippen molar-refractivity contribution in [3.05, 3.63) is 24.3 Å². The average Bonchev–Trinajstić information content (AvgIpc) is 3.40. The summed E-state index contributed by atoms with van der Waals surface area (Å²) in [5.74, 6) is 0.707. The molecule has 4 atom stereocenters. The fourth-order valence-electron chi connectivity index (χ4n) is 1.59. The van der Waals surface area contributed by atoms with Gasteiger partial charge in [0.05, 0.1) is 13.2 Å². The second-order valence-electron chi connectivity index (χ2n) is 4.90. The van der Waals surface area contributed by atoms with Gasteiger partial charge in [-0.15, -0.1) is 0 Å². The van der Waals surface area contributed by atoms with Gasteiger partial charge >= 0.3 is 0 Å². The van der Waals surface area contributed by atoms with Gasteiger partial charge in [-0.2, -0.15) is 0 Å². The molecule has 9 nitrogen and oxygen atoms in total. The summed E-state index contributed by atoms with van der Waals surface area (Å²) < 4.78 is 15.5. The molecule has 0 radical (unpaired) electrons. The molecule has 1 saturated heterocycles. The number of hydrogen-bond acceptors (Lipinski definition) is 9. The zero-order chi connectivity index (χ0) is 21.2. The van der Waals surface area contributed by atoms with Crippen LogP contribution in [0.3, 0.4) is 0 Å². The summed E-state index contributed by atoms with van der Waals surface area (Å²) >= 11 is 0. The summed E-state index contributed by atoms with van der Waals surface area (Å²) in [6, 6.07) is 6.24. The number of rotatable bonds is 8. The quantitative estimate of drug-likeness (QED) is 0.336. The van der Waals surface area contributed by atoms with Crippen LogP contribution < -0.4 is 15.8 Å². The number of benzene rings is 1. The topological polar surface area (TPSA) is 150 Å². The molecule has 160 valence electrons. The predicted octanol–water partition coefficient (Wildman–Crippen LogP) is 0.0109. The molecule has 9 heteroatoms. The Morgan fingerprint density at radius 1 is 1.19 bits per heavy atom. The summed E-state index contributed by atoms with van der Waals surface area (Å²) in [6.07, 6.45) is -2.62. The molecule has 0 saturated carbocycles. The van der Waals surface area contributed by atoms with Crippen molar-refractivity contribution in [1.82, 2.24) is 5.32 Å². The van der Waals surface area contributed by atoms with Crippen LogP contribution in [0.15, 0.2) is 24.3 Å². The molecule has 1 fully saturated rings. The third kappa shape index (κ3) is 13.4. The Balaban J connectivity index is 0. The lowest BCUT2D eigenvalue weighted by molar-refractivity contribution is -0.0837. The van der Waals surface area contributed by atoms with Crippen LogP contribution in [0.5, 0.6) is 11.5 Å². The van der Waals surface area contributed by atoms with Gasteiger partial charge in [0.25, 0.3) is 0 Å². The van der Waals surface area contributed by atoms with Gasteiger partial charge in [-0.3, -0.25) is 0 Å². The van der Waals surface area contributed by atoms with Crippen molar-refractivity contribution in [3.63, 3.8) is 0 Å². The zero-order valence-corrected chi connectivity index (χ0v) is 16.8. The Morgan fingerprint density at radius 2 is 1.70 bits per heavy atom. The van der Waals surface area contributed by atoms with Crippen molar-refractivity contribution in [1.29, 1.82) is 0 Å². The number of phenolic OH excluding ortho intramolecular Hbond substituents is 1. The highest BCUT2D eigenvalue weighted by molar-refractivity contribution is 5.30. The number of aromatic hydroxyl groups is 1. The van der Waals surface area contributed by atoms with E-state index in [0.29, 0.717) is 12.3 Å². The van der Waals surface area contributed by atoms with Gasteiger partial charge in [0, 0.05) is 6.54 Å². The highest BCUT2D eigenvalue weighted by atomic mass is 16.8. The Kier molecular flexibility index (Phi) is 18.4. The molecule has 0 amide bonds. The number of nitrogens with two attached hydrogens (primary N) is 1. The highest BCUT2D eigenvalue weighted by Gasteiger charge is 2.41. The van der Waals surface area contributed by atoms with Gasteiger partial charge in [0.2, 0.25) is 12.6 Å². The van der Waals surface area contributed by atoms with Crippen LogP contribution in [-0.2, 0) is 9.47 Å². The summed E-state index contributed by atoms with van der Waals surface area (Å²) in [5.41, 5.74) is 4.50. The van der Waals surface area contributed by atoms with Crippen LogP contribution >= 0.6 is 0 Å². The number of ether oxygens (including phenoxy) is 3. The smallest absolute Gasteiger partial charge is 0.212 e. The Bertz CT molecular complexity index is 432. The number of epoxide rings is 1. The first-order chi connectivity index (χ1) is 13.0. The molecule has 3 unspecified atom stereocenters. The number of aliphatic hydroxyl groups excluding tert-OH is 3. The highest BCUT2D eigenvalue weighted by Crippen LogP contribution is 2.24. The first kappa shape index (κ1) is 27.8. The monoisotopic (exact) mass is 392 g/mol. The normalized spacial score (nSPS) is 19.0. The molecule has 0 bridgehead atoms. The molecular formula is C18H36N2O7. The molecule has 1 aliphatic heterocycles. The summed E-state index contributed by atoms with van der Waals surface area (Å²) in [6.45, 7) is 6.42. The second-order valence-corrected chi connectivity index (χ2v) is 4.90. The number of nitrogens with one attached hydrogen (secondary N) is 1. The lowest BCUT2D eigenvalue weighted by atomic mass is 10.2. The SMILES string of the molecule is CC.CC(Oc1ccc(O)cc1)C(CO)OC1O[C@H]1O.CN.CNCCO. The Morgan fingerprint density at radius 3 is 2.04 bits per heavy atom. The minimum atomic E-state index is -0.917. The Labute approximate surface area is 161 Å². The van der Waals surface area contributed by atoms with Crippen molar-refractivity contribution in [3.8, 4) is 11.5 Å². The first-order valence-corrected chi connectivity index (χ1v) is 8.90. The predicted molar refractivity (Wildman–Crippen MR) is 104 cm³/mol. The van der Waals surface area contributed by atoms with Gasteiger partial charge in [-0.05, 0) is 45.3 Å². The number of aliphatic hydroxyl groups is 3. The number of hydrogen-bond donors (Lipinski definition) is 6. The summed E-state index contributed by atoms with van der Waals surface area (Å²) in [7, 11) is 3.30. The maximum atomic E-state index is 9.20. The molecule has 1 aromatic carbocycles. The molecule has 7 N–H and O–H groups in total. The maximum Gasteiger partial charge on any atom is 0.212 e. The van der Waals surface area contributed by atoms with Crippen LogP contribution in [0.4, 0.5) is 0 Å². The van der Waals surface area contributed by atoms with Gasteiger partial charge in [-0.1, -0.05) is 13.8 Å². The molecule has 0 spiro atoms. The van der Waals surface area contributed by atoms with E-state index in [1.807, 2.05) is 13.8 Å². The van der Waals surface area contributed by atoms with E-state index in [1.165, 1.54) is 19.2 Å². The van der Waals surface area contributed by atoms with Crippen molar-refractivity contribution in [2.45, 2.75) is 45.6 Å². The van der Waals surface area contributed by atoms with E-state index in [0.717, 1.165) is 0 Å². The molecule has 27 heavy (non-hydrogen) atoms. The second kappa shape index (κ2) is 17.9. The molecule has 0 aromatic heterocycles. The van der Waals surface area contributed by atoms with Crippen LogP contribution in [0.2, 0.25) is 0 Å². The molecule has 1 aromatic rings. The van der Waals surface area contributed by atoms with Gasteiger partial charge in [-0.25, -0.2) is 0 Å². The van der Waals surface area contributed by atoms with Crippen molar-refractivity contribution in [2.75, 3.05) is 33.9 Å². The molecule has 0 aliphatic carbocycles. The third-order valence-electron chi connectivity index (χ3n) is 2.96. The third-order valence-corrected chi connectivity index (χ3v) is 2.96. The van der Waals surface area contributed by atoms with E-state index in [1.54, 1.807) is 26.1 Å². The first-order valence-electron chi connectivity index (χ1n) is 8.90. The van der Waals surface area contributed by atoms with E-state index < -0.39 is 24.8 Å².